The molecule has 2 aromatic carbocycles. The Morgan fingerprint density at radius 1 is 1.12 bits per heavy atom. The van der Waals surface area contributed by atoms with Crippen LogP contribution in [0, 0.1) is 0 Å². The summed E-state index contributed by atoms with van der Waals surface area (Å²) in [6.45, 7) is 2.61. The molecule has 126 valence electrons. The summed E-state index contributed by atoms with van der Waals surface area (Å²) in [5.74, 6) is 1.30. The van der Waals surface area contributed by atoms with Crippen LogP contribution in [0.5, 0.6) is 11.5 Å². The van der Waals surface area contributed by atoms with E-state index in [1.165, 1.54) is 5.56 Å². The second kappa shape index (κ2) is 7.84. The van der Waals surface area contributed by atoms with E-state index in [0.717, 1.165) is 12.8 Å². The number of rotatable bonds is 7. The highest BCUT2D eigenvalue weighted by Gasteiger charge is 2.14. The number of carbonyl (C=O) groups excluding carboxylic acids is 1. The van der Waals surface area contributed by atoms with Crippen molar-refractivity contribution >= 4 is 11.6 Å². The summed E-state index contributed by atoms with van der Waals surface area (Å²) in [6, 6.07) is 16.0. The number of nitrogens with one attached hydrogen (secondary N) is 2. The van der Waals surface area contributed by atoms with E-state index in [4.69, 9.17) is 9.47 Å². The Kier molecular flexibility index (Phi) is 5.33. The Morgan fingerprint density at radius 2 is 1.92 bits per heavy atom. The van der Waals surface area contributed by atoms with Gasteiger partial charge in [-0.05, 0) is 37.5 Å². The van der Waals surface area contributed by atoms with Gasteiger partial charge >= 0.3 is 0 Å². The summed E-state index contributed by atoms with van der Waals surface area (Å²) in [5, 5.41) is 6.12. The van der Waals surface area contributed by atoms with Crippen molar-refractivity contribution in [2.45, 2.75) is 25.8 Å². The highest BCUT2D eigenvalue weighted by Crippen LogP contribution is 2.34. The number of aryl methyl sites for hydroxylation is 1. The largest absolute Gasteiger partial charge is 0.454 e. The Hall–Kier alpha value is -2.53. The van der Waals surface area contributed by atoms with Crippen molar-refractivity contribution in [2.75, 3.05) is 18.7 Å². The zero-order valence-corrected chi connectivity index (χ0v) is 13.7. The van der Waals surface area contributed by atoms with Crippen LogP contribution in [0.3, 0.4) is 0 Å². The zero-order valence-electron chi connectivity index (χ0n) is 13.7. The maximum absolute atomic E-state index is 12.0. The Balaban J connectivity index is 1.40. The highest BCUT2D eigenvalue weighted by molar-refractivity contribution is 5.92. The molecule has 0 saturated carbocycles. The lowest BCUT2D eigenvalue weighted by Crippen LogP contribution is -2.34. The average molecular weight is 326 g/mol. The number of benzene rings is 2. The third-order valence-corrected chi connectivity index (χ3v) is 3.98. The lowest BCUT2D eigenvalue weighted by molar-refractivity contribution is -0.115. The quantitative estimate of drug-likeness (QED) is 0.821. The molecule has 1 amide bonds. The number of carbonyl (C=O) groups is 1. The van der Waals surface area contributed by atoms with Crippen LogP contribution in [0.2, 0.25) is 0 Å². The lowest BCUT2D eigenvalue weighted by atomic mass is 10.1. The molecule has 24 heavy (non-hydrogen) atoms. The van der Waals surface area contributed by atoms with Gasteiger partial charge in [0, 0.05) is 17.8 Å². The molecule has 0 spiro atoms. The van der Waals surface area contributed by atoms with E-state index < -0.39 is 0 Å². The standard InChI is InChI=1S/C19H22N2O3/c1-14(7-8-15-5-3-2-4-6-15)20-12-19(22)21-16-9-10-17-18(11-16)24-13-23-17/h2-6,9-11,14,20H,7-8,12-13H2,1H3,(H,21,22)/t14-/m0/s1. The van der Waals surface area contributed by atoms with Gasteiger partial charge in [-0.15, -0.1) is 0 Å². The molecule has 1 atom stereocenters. The third kappa shape index (κ3) is 4.49. The predicted octanol–water partition coefficient (Wildman–Crippen LogP) is 2.96. The first-order chi connectivity index (χ1) is 11.7. The van der Waals surface area contributed by atoms with Gasteiger partial charge in [0.2, 0.25) is 12.7 Å². The van der Waals surface area contributed by atoms with Crippen molar-refractivity contribution < 1.29 is 14.3 Å². The minimum atomic E-state index is -0.0690. The molecule has 0 aromatic heterocycles. The molecule has 0 bridgehead atoms. The number of ether oxygens (including phenoxy) is 2. The van der Waals surface area contributed by atoms with Crippen LogP contribution in [-0.2, 0) is 11.2 Å². The van der Waals surface area contributed by atoms with E-state index >= 15 is 0 Å². The number of amides is 1. The minimum absolute atomic E-state index is 0.0690. The molecule has 1 heterocycles. The number of anilines is 1. The Bertz CT molecular complexity index is 688. The van der Waals surface area contributed by atoms with Crippen molar-refractivity contribution in [3.05, 3.63) is 54.1 Å². The Morgan fingerprint density at radius 3 is 2.75 bits per heavy atom. The minimum Gasteiger partial charge on any atom is -0.454 e. The summed E-state index contributed by atoms with van der Waals surface area (Å²) in [5.41, 5.74) is 2.03. The fourth-order valence-electron chi connectivity index (χ4n) is 2.58. The average Bonchev–Trinajstić information content (AvgIpc) is 3.07. The van der Waals surface area contributed by atoms with Gasteiger partial charge in [-0.3, -0.25) is 4.79 Å². The molecule has 5 heteroatoms. The topological polar surface area (TPSA) is 59.6 Å². The smallest absolute Gasteiger partial charge is 0.238 e. The van der Waals surface area contributed by atoms with Crippen molar-refractivity contribution in [3.8, 4) is 11.5 Å². The normalized spacial score (nSPS) is 13.5. The van der Waals surface area contributed by atoms with Gasteiger partial charge in [-0.2, -0.15) is 0 Å². The van der Waals surface area contributed by atoms with E-state index in [1.54, 1.807) is 12.1 Å². The molecule has 2 N–H and O–H groups in total. The molecule has 0 unspecified atom stereocenters. The molecule has 1 aliphatic heterocycles. The van der Waals surface area contributed by atoms with Crippen LogP contribution in [0.25, 0.3) is 0 Å². The summed E-state index contributed by atoms with van der Waals surface area (Å²) in [4.78, 5) is 12.0. The van der Waals surface area contributed by atoms with E-state index in [0.29, 0.717) is 17.2 Å². The maximum Gasteiger partial charge on any atom is 0.238 e. The number of hydrogen-bond donors (Lipinski definition) is 2. The van der Waals surface area contributed by atoms with Gasteiger partial charge in [0.05, 0.1) is 6.54 Å². The van der Waals surface area contributed by atoms with Crippen LogP contribution >= 0.6 is 0 Å². The van der Waals surface area contributed by atoms with Gasteiger partial charge in [0.25, 0.3) is 0 Å². The predicted molar refractivity (Wildman–Crippen MR) is 93.4 cm³/mol. The second-order valence-corrected chi connectivity index (χ2v) is 5.92. The maximum atomic E-state index is 12.0. The fraction of sp³-hybridized carbons (Fsp3) is 0.316. The first-order valence-electron chi connectivity index (χ1n) is 8.17. The third-order valence-electron chi connectivity index (χ3n) is 3.98. The van der Waals surface area contributed by atoms with Gasteiger partial charge in [-0.1, -0.05) is 30.3 Å². The van der Waals surface area contributed by atoms with E-state index in [9.17, 15) is 4.79 Å². The molecule has 0 saturated heterocycles. The second-order valence-electron chi connectivity index (χ2n) is 5.92. The van der Waals surface area contributed by atoms with Gasteiger partial charge in [-0.25, -0.2) is 0 Å². The van der Waals surface area contributed by atoms with E-state index in [1.807, 2.05) is 24.3 Å². The van der Waals surface area contributed by atoms with E-state index in [-0.39, 0.29) is 25.3 Å². The summed E-state index contributed by atoms with van der Waals surface area (Å²) in [6.07, 6.45) is 1.99. The molecule has 0 fully saturated rings. The Labute approximate surface area is 142 Å². The van der Waals surface area contributed by atoms with Crippen LogP contribution in [-0.4, -0.2) is 25.3 Å². The van der Waals surface area contributed by atoms with Crippen molar-refractivity contribution in [1.29, 1.82) is 0 Å². The van der Waals surface area contributed by atoms with Crippen LogP contribution < -0.4 is 20.1 Å². The summed E-state index contributed by atoms with van der Waals surface area (Å²) in [7, 11) is 0. The lowest BCUT2D eigenvalue weighted by Gasteiger charge is -2.14. The molecular formula is C19H22N2O3. The first kappa shape index (κ1) is 16.3. The van der Waals surface area contributed by atoms with Gasteiger partial charge in [0.15, 0.2) is 11.5 Å². The van der Waals surface area contributed by atoms with Gasteiger partial charge in [0.1, 0.15) is 0 Å². The van der Waals surface area contributed by atoms with Crippen LogP contribution in [0.15, 0.2) is 48.5 Å². The molecule has 0 radical (unpaired) electrons. The monoisotopic (exact) mass is 326 g/mol. The van der Waals surface area contributed by atoms with Crippen LogP contribution in [0.1, 0.15) is 18.9 Å². The number of fused-ring (bicyclic) bond motifs is 1. The summed E-state index contributed by atoms with van der Waals surface area (Å²) >= 11 is 0. The molecule has 1 aliphatic rings. The molecule has 5 nitrogen and oxygen atoms in total. The molecular weight excluding hydrogens is 304 g/mol. The highest BCUT2D eigenvalue weighted by atomic mass is 16.7. The van der Waals surface area contributed by atoms with Crippen LogP contribution in [0.4, 0.5) is 5.69 Å². The van der Waals surface area contributed by atoms with E-state index in [2.05, 4.69) is 29.7 Å². The van der Waals surface area contributed by atoms with Gasteiger partial charge < -0.3 is 20.1 Å². The van der Waals surface area contributed by atoms with Crippen molar-refractivity contribution in [2.24, 2.45) is 0 Å². The molecule has 0 aliphatic carbocycles. The van der Waals surface area contributed by atoms with Crippen molar-refractivity contribution in [3.63, 3.8) is 0 Å². The molecule has 2 aromatic rings. The van der Waals surface area contributed by atoms with Crippen molar-refractivity contribution in [1.82, 2.24) is 5.32 Å². The first-order valence-corrected chi connectivity index (χ1v) is 8.17. The zero-order chi connectivity index (χ0) is 16.8. The fourth-order valence-corrected chi connectivity index (χ4v) is 2.58. The SMILES string of the molecule is C[C@@H](CCc1ccccc1)NCC(=O)Nc1ccc2c(c1)OCO2. The molecule has 3 rings (SSSR count). The summed E-state index contributed by atoms with van der Waals surface area (Å²) < 4.78 is 10.6. The number of hydrogen-bond acceptors (Lipinski definition) is 4.